The number of alkyl halides is 2. The van der Waals surface area contributed by atoms with Crippen LogP contribution in [0.1, 0.15) is 18.1 Å². The van der Waals surface area contributed by atoms with Crippen LogP contribution in [0.5, 0.6) is 5.75 Å². The Balaban J connectivity index is 1.82. The first-order chi connectivity index (χ1) is 12.0. The van der Waals surface area contributed by atoms with Crippen molar-refractivity contribution in [2.45, 2.75) is 26.5 Å². The maximum Gasteiger partial charge on any atom is 0.387 e. The highest BCUT2D eigenvalue weighted by molar-refractivity contribution is 5.92. The number of hydrogen-bond donors (Lipinski definition) is 1. The number of ether oxygens (including phenoxy) is 1. The van der Waals surface area contributed by atoms with Crippen molar-refractivity contribution in [3.05, 3.63) is 59.7 Å². The molecule has 2 rings (SSSR count). The Hall–Kier alpha value is -2.47. The first-order valence-corrected chi connectivity index (χ1v) is 8.07. The van der Waals surface area contributed by atoms with Crippen LogP contribution in [0.2, 0.25) is 0 Å². The minimum atomic E-state index is -2.86. The highest BCUT2D eigenvalue weighted by atomic mass is 19.3. The molecule has 25 heavy (non-hydrogen) atoms. The molecule has 0 saturated carbocycles. The van der Waals surface area contributed by atoms with E-state index < -0.39 is 6.61 Å². The average molecular weight is 348 g/mol. The SMILES string of the molecule is CCc1ccc(CN(C)CC(=O)Nc2ccc(OC(F)F)cc2)cc1. The van der Waals surface area contributed by atoms with Gasteiger partial charge >= 0.3 is 6.61 Å². The number of hydrogen-bond acceptors (Lipinski definition) is 3. The van der Waals surface area contributed by atoms with E-state index in [-0.39, 0.29) is 18.2 Å². The summed E-state index contributed by atoms with van der Waals surface area (Å²) in [5.41, 5.74) is 2.96. The molecule has 1 N–H and O–H groups in total. The van der Waals surface area contributed by atoms with Crippen molar-refractivity contribution in [2.24, 2.45) is 0 Å². The number of anilines is 1. The van der Waals surface area contributed by atoms with Crippen LogP contribution in [-0.2, 0) is 17.8 Å². The Kier molecular flexibility index (Phi) is 6.89. The fourth-order valence-electron chi connectivity index (χ4n) is 2.41. The fraction of sp³-hybridized carbons (Fsp3) is 0.316. The van der Waals surface area contributed by atoms with Crippen LogP contribution in [0.4, 0.5) is 14.5 Å². The number of halogens is 2. The number of nitrogens with zero attached hydrogens (tertiary/aromatic N) is 1. The first kappa shape index (κ1) is 18.9. The lowest BCUT2D eigenvalue weighted by Gasteiger charge is -2.16. The van der Waals surface area contributed by atoms with E-state index in [4.69, 9.17) is 0 Å². The molecule has 2 aromatic carbocycles. The molecular weight excluding hydrogens is 326 g/mol. The van der Waals surface area contributed by atoms with Crippen molar-refractivity contribution < 1.29 is 18.3 Å². The summed E-state index contributed by atoms with van der Waals surface area (Å²) < 4.78 is 28.5. The predicted molar refractivity (Wildman–Crippen MR) is 93.9 cm³/mol. The van der Waals surface area contributed by atoms with Gasteiger partial charge in [-0.25, -0.2) is 0 Å². The maximum absolute atomic E-state index is 12.1. The van der Waals surface area contributed by atoms with Gasteiger partial charge in [-0.15, -0.1) is 0 Å². The highest BCUT2D eigenvalue weighted by Gasteiger charge is 2.09. The van der Waals surface area contributed by atoms with Crippen molar-refractivity contribution in [1.29, 1.82) is 0 Å². The van der Waals surface area contributed by atoms with E-state index in [2.05, 4.69) is 41.2 Å². The molecule has 0 aliphatic heterocycles. The molecular formula is C19H22F2N2O2. The molecule has 0 saturated heterocycles. The van der Waals surface area contributed by atoms with E-state index in [1.54, 1.807) is 0 Å². The number of benzene rings is 2. The molecule has 134 valence electrons. The predicted octanol–water partition coefficient (Wildman–Crippen LogP) is 3.92. The summed E-state index contributed by atoms with van der Waals surface area (Å²) in [5.74, 6) is -0.115. The maximum atomic E-state index is 12.1. The van der Waals surface area contributed by atoms with E-state index in [0.717, 1.165) is 12.0 Å². The molecule has 0 aromatic heterocycles. The molecule has 0 heterocycles. The van der Waals surface area contributed by atoms with Crippen LogP contribution in [-0.4, -0.2) is 31.0 Å². The largest absolute Gasteiger partial charge is 0.435 e. The van der Waals surface area contributed by atoms with Crippen molar-refractivity contribution in [2.75, 3.05) is 18.9 Å². The van der Waals surface area contributed by atoms with Gasteiger partial charge in [0, 0.05) is 12.2 Å². The topological polar surface area (TPSA) is 41.6 Å². The second kappa shape index (κ2) is 9.13. The minimum absolute atomic E-state index is 0.0562. The quantitative estimate of drug-likeness (QED) is 0.786. The summed E-state index contributed by atoms with van der Waals surface area (Å²) in [4.78, 5) is 14.0. The van der Waals surface area contributed by atoms with Gasteiger partial charge in [0.2, 0.25) is 5.91 Å². The molecule has 0 aliphatic rings. The average Bonchev–Trinajstić information content (AvgIpc) is 2.56. The molecule has 0 aliphatic carbocycles. The normalized spacial score (nSPS) is 11.0. The Labute approximate surface area is 146 Å². The lowest BCUT2D eigenvalue weighted by Crippen LogP contribution is -2.29. The number of aryl methyl sites for hydroxylation is 1. The molecule has 0 radical (unpaired) electrons. The van der Waals surface area contributed by atoms with Gasteiger partial charge in [-0.05, 0) is 48.9 Å². The Morgan fingerprint density at radius 2 is 1.68 bits per heavy atom. The van der Waals surface area contributed by atoms with E-state index in [0.29, 0.717) is 12.2 Å². The smallest absolute Gasteiger partial charge is 0.387 e. The third-order valence-electron chi connectivity index (χ3n) is 3.66. The Morgan fingerprint density at radius 3 is 2.24 bits per heavy atom. The summed E-state index contributed by atoms with van der Waals surface area (Å²) in [5, 5.41) is 2.73. The molecule has 0 spiro atoms. The van der Waals surface area contributed by atoms with Gasteiger partial charge in [-0.1, -0.05) is 31.2 Å². The van der Waals surface area contributed by atoms with E-state index >= 15 is 0 Å². The van der Waals surface area contributed by atoms with Gasteiger partial charge in [0.25, 0.3) is 0 Å². The first-order valence-electron chi connectivity index (χ1n) is 8.07. The number of carbonyl (C=O) groups is 1. The number of likely N-dealkylation sites (N-methyl/N-ethyl adjacent to an activating group) is 1. The fourth-order valence-corrected chi connectivity index (χ4v) is 2.41. The second-order valence-corrected chi connectivity index (χ2v) is 5.79. The second-order valence-electron chi connectivity index (χ2n) is 5.79. The zero-order valence-electron chi connectivity index (χ0n) is 14.3. The minimum Gasteiger partial charge on any atom is -0.435 e. The molecule has 1 amide bonds. The molecule has 2 aromatic rings. The third-order valence-corrected chi connectivity index (χ3v) is 3.66. The van der Waals surface area contributed by atoms with Crippen molar-refractivity contribution in [1.82, 2.24) is 4.90 Å². The van der Waals surface area contributed by atoms with E-state index in [9.17, 15) is 13.6 Å². The Morgan fingerprint density at radius 1 is 1.08 bits per heavy atom. The number of carbonyl (C=O) groups excluding carboxylic acids is 1. The summed E-state index contributed by atoms with van der Waals surface area (Å²) in [7, 11) is 1.87. The van der Waals surface area contributed by atoms with Crippen molar-refractivity contribution in [3.8, 4) is 5.75 Å². The monoisotopic (exact) mass is 348 g/mol. The van der Waals surface area contributed by atoms with Gasteiger partial charge in [-0.2, -0.15) is 8.78 Å². The van der Waals surface area contributed by atoms with Gasteiger partial charge < -0.3 is 10.1 Å². The van der Waals surface area contributed by atoms with Gasteiger partial charge in [-0.3, -0.25) is 9.69 Å². The van der Waals surface area contributed by atoms with E-state index in [1.165, 1.54) is 29.8 Å². The number of rotatable bonds is 8. The Bertz CT molecular complexity index is 673. The molecule has 0 unspecified atom stereocenters. The van der Waals surface area contributed by atoms with Crippen LogP contribution < -0.4 is 10.1 Å². The van der Waals surface area contributed by atoms with Crippen LogP contribution in [0.25, 0.3) is 0 Å². The third kappa shape index (κ3) is 6.51. The lowest BCUT2D eigenvalue weighted by atomic mass is 10.1. The molecule has 0 fully saturated rings. The number of nitrogens with one attached hydrogen (secondary N) is 1. The summed E-state index contributed by atoms with van der Waals surface area (Å²) in [6.45, 7) is 0.140. The summed E-state index contributed by atoms with van der Waals surface area (Å²) in [6.07, 6.45) is 1.000. The van der Waals surface area contributed by atoms with Crippen LogP contribution in [0.15, 0.2) is 48.5 Å². The van der Waals surface area contributed by atoms with Crippen LogP contribution in [0, 0.1) is 0 Å². The molecule has 6 heteroatoms. The summed E-state index contributed by atoms with van der Waals surface area (Å²) in [6, 6.07) is 14.1. The number of amides is 1. The standard InChI is InChI=1S/C19H22F2N2O2/c1-3-14-4-6-15(7-5-14)12-23(2)13-18(24)22-16-8-10-17(11-9-16)25-19(20)21/h4-11,19H,3,12-13H2,1-2H3,(H,22,24). The molecule has 0 bridgehead atoms. The van der Waals surface area contributed by atoms with Gasteiger partial charge in [0.05, 0.1) is 6.54 Å². The highest BCUT2D eigenvalue weighted by Crippen LogP contribution is 2.17. The molecule has 4 nitrogen and oxygen atoms in total. The molecule has 0 atom stereocenters. The van der Waals surface area contributed by atoms with Crippen LogP contribution in [0.3, 0.4) is 0 Å². The van der Waals surface area contributed by atoms with Crippen molar-refractivity contribution in [3.63, 3.8) is 0 Å². The summed E-state index contributed by atoms with van der Waals surface area (Å²) >= 11 is 0. The van der Waals surface area contributed by atoms with Gasteiger partial charge in [0.1, 0.15) is 5.75 Å². The van der Waals surface area contributed by atoms with E-state index in [1.807, 2.05) is 11.9 Å². The zero-order chi connectivity index (χ0) is 18.2. The van der Waals surface area contributed by atoms with Crippen LogP contribution >= 0.6 is 0 Å². The van der Waals surface area contributed by atoms with Gasteiger partial charge in [0.15, 0.2) is 0 Å². The van der Waals surface area contributed by atoms with Crippen molar-refractivity contribution >= 4 is 11.6 Å². The zero-order valence-corrected chi connectivity index (χ0v) is 14.3. The lowest BCUT2D eigenvalue weighted by molar-refractivity contribution is -0.117.